The van der Waals surface area contributed by atoms with Crippen LogP contribution < -0.4 is 0 Å². The Kier molecular flexibility index (Phi) is 4.43. The number of ketones is 1. The molecular weight excluding hydrogens is 340 g/mol. The largest absolute Gasteiger partial charge is 0.504 e. The summed E-state index contributed by atoms with van der Waals surface area (Å²) in [6.45, 7) is 0. The maximum absolute atomic E-state index is 13.6. The molecule has 2 aromatic heterocycles. The van der Waals surface area contributed by atoms with Crippen LogP contribution in [0.2, 0.25) is 0 Å². The van der Waals surface area contributed by atoms with Crippen LogP contribution in [-0.4, -0.2) is 26.1 Å². The molecule has 2 N–H and O–H groups in total. The number of nitrogens with one attached hydrogen (secondary N) is 1. The lowest BCUT2D eigenvalue weighted by Crippen LogP contribution is -1.95. The van der Waals surface area contributed by atoms with Crippen molar-refractivity contribution in [1.82, 2.24) is 15.2 Å². The number of furan rings is 1. The maximum atomic E-state index is 13.6. The number of halogens is 2. The molecule has 3 aromatic rings. The Bertz CT molecular complexity index is 907. The summed E-state index contributed by atoms with van der Waals surface area (Å²) in [5.74, 6) is -2.42. The zero-order valence-electron chi connectivity index (χ0n) is 11.9. The van der Waals surface area contributed by atoms with Crippen LogP contribution in [0.5, 0.6) is 0 Å². The fourth-order valence-corrected chi connectivity index (χ4v) is 2.54. The Morgan fingerprint density at radius 1 is 1.29 bits per heavy atom. The van der Waals surface area contributed by atoms with E-state index < -0.39 is 23.2 Å². The van der Waals surface area contributed by atoms with Crippen LogP contribution in [0.4, 0.5) is 8.78 Å². The third-order valence-electron chi connectivity index (χ3n) is 2.85. The summed E-state index contributed by atoms with van der Waals surface area (Å²) >= 11 is 0.906. The van der Waals surface area contributed by atoms with E-state index in [9.17, 15) is 18.7 Å². The van der Waals surface area contributed by atoms with Crippen LogP contribution in [0.25, 0.3) is 5.76 Å². The number of aliphatic hydroxyl groups is 1. The van der Waals surface area contributed by atoms with E-state index in [1.165, 1.54) is 24.5 Å². The SMILES string of the molecule is O=C(/C=C(\O)c1ncn[nH]1)c1ccc(Sc2ccc(F)cc2F)o1. The molecule has 0 saturated carbocycles. The van der Waals surface area contributed by atoms with Gasteiger partial charge in [0.15, 0.2) is 22.4 Å². The quantitative estimate of drug-likeness (QED) is 0.415. The number of carbonyl (C=O) groups is 1. The summed E-state index contributed by atoms with van der Waals surface area (Å²) in [5.41, 5.74) is 0. The van der Waals surface area contributed by atoms with Crippen LogP contribution in [0.1, 0.15) is 16.4 Å². The predicted octanol–water partition coefficient (Wildman–Crippen LogP) is 3.61. The van der Waals surface area contributed by atoms with Gasteiger partial charge in [0.25, 0.3) is 0 Å². The van der Waals surface area contributed by atoms with Gasteiger partial charge in [0.2, 0.25) is 5.78 Å². The second-order valence-corrected chi connectivity index (χ2v) is 5.57. The van der Waals surface area contributed by atoms with E-state index in [-0.39, 0.29) is 21.6 Å². The molecule has 0 bridgehead atoms. The van der Waals surface area contributed by atoms with Gasteiger partial charge in [0, 0.05) is 12.1 Å². The fraction of sp³-hybridized carbons (Fsp3) is 0. The first-order valence-electron chi connectivity index (χ1n) is 6.56. The van der Waals surface area contributed by atoms with E-state index in [1.807, 2.05) is 0 Å². The van der Waals surface area contributed by atoms with Crippen LogP contribution in [0, 0.1) is 11.6 Å². The van der Waals surface area contributed by atoms with Crippen molar-refractivity contribution in [3.05, 3.63) is 66.0 Å². The standard InChI is InChI=1S/C15H9F2N3O3S/c16-8-1-3-13(9(17)5-8)24-14-4-2-12(23-14)10(21)6-11(22)15-18-7-19-20-15/h1-7,22H,(H,18,19,20)/b11-6-. The van der Waals surface area contributed by atoms with Gasteiger partial charge in [-0.2, -0.15) is 5.10 Å². The average Bonchev–Trinajstić information content (AvgIpc) is 3.21. The van der Waals surface area contributed by atoms with Gasteiger partial charge < -0.3 is 9.52 Å². The molecule has 0 aliphatic heterocycles. The molecule has 0 saturated heterocycles. The molecule has 0 spiro atoms. The number of aliphatic hydroxyl groups excluding tert-OH is 1. The van der Waals surface area contributed by atoms with Gasteiger partial charge in [0.05, 0.1) is 4.90 Å². The molecule has 3 rings (SSSR count). The molecule has 0 amide bonds. The molecule has 0 fully saturated rings. The summed E-state index contributed by atoms with van der Waals surface area (Å²) in [7, 11) is 0. The lowest BCUT2D eigenvalue weighted by atomic mass is 10.2. The number of aromatic nitrogens is 3. The maximum Gasteiger partial charge on any atom is 0.224 e. The van der Waals surface area contributed by atoms with E-state index in [0.29, 0.717) is 0 Å². The van der Waals surface area contributed by atoms with Crippen molar-refractivity contribution in [3.63, 3.8) is 0 Å². The van der Waals surface area contributed by atoms with Gasteiger partial charge in [-0.15, -0.1) is 0 Å². The molecule has 1 aromatic carbocycles. The predicted molar refractivity (Wildman–Crippen MR) is 80.5 cm³/mol. The molecule has 0 aliphatic rings. The van der Waals surface area contributed by atoms with Crippen molar-refractivity contribution in [3.8, 4) is 0 Å². The molecule has 24 heavy (non-hydrogen) atoms. The Hall–Kier alpha value is -2.94. The highest BCUT2D eigenvalue weighted by atomic mass is 32.2. The van der Waals surface area contributed by atoms with E-state index in [2.05, 4.69) is 15.2 Å². The number of aromatic amines is 1. The fourth-order valence-electron chi connectivity index (χ4n) is 1.77. The topological polar surface area (TPSA) is 92.0 Å². The van der Waals surface area contributed by atoms with Gasteiger partial charge in [-0.1, -0.05) is 0 Å². The lowest BCUT2D eigenvalue weighted by Gasteiger charge is -2.00. The average molecular weight is 349 g/mol. The Balaban J connectivity index is 1.75. The van der Waals surface area contributed by atoms with E-state index >= 15 is 0 Å². The highest BCUT2D eigenvalue weighted by Gasteiger charge is 2.14. The van der Waals surface area contributed by atoms with Gasteiger partial charge in [-0.05, 0) is 36.0 Å². The number of rotatable bonds is 5. The second kappa shape index (κ2) is 6.67. The summed E-state index contributed by atoms with van der Waals surface area (Å²) < 4.78 is 31.8. The number of nitrogens with zero attached hydrogens (tertiary/aromatic N) is 2. The molecule has 0 unspecified atom stereocenters. The molecule has 6 nitrogen and oxygen atoms in total. The Morgan fingerprint density at radius 3 is 2.83 bits per heavy atom. The number of H-pyrrole nitrogens is 1. The first kappa shape index (κ1) is 15.9. The molecule has 0 aliphatic carbocycles. The Morgan fingerprint density at radius 2 is 2.12 bits per heavy atom. The summed E-state index contributed by atoms with van der Waals surface area (Å²) in [5, 5.41) is 15.9. The summed E-state index contributed by atoms with van der Waals surface area (Å²) in [6, 6.07) is 6.01. The minimum Gasteiger partial charge on any atom is -0.504 e. The molecule has 122 valence electrons. The van der Waals surface area contributed by atoms with Crippen molar-refractivity contribution in [2.75, 3.05) is 0 Å². The summed E-state index contributed by atoms with van der Waals surface area (Å²) in [6.07, 6.45) is 2.11. The smallest absolute Gasteiger partial charge is 0.224 e. The van der Waals surface area contributed by atoms with Crippen LogP contribution >= 0.6 is 11.8 Å². The Labute approximate surface area is 138 Å². The molecule has 9 heteroatoms. The van der Waals surface area contributed by atoms with Crippen molar-refractivity contribution in [2.45, 2.75) is 9.99 Å². The minimum absolute atomic E-state index is 0.0397. The first-order chi connectivity index (χ1) is 11.5. The van der Waals surface area contributed by atoms with Gasteiger partial charge in [-0.3, -0.25) is 9.89 Å². The van der Waals surface area contributed by atoms with Gasteiger partial charge >= 0.3 is 0 Å². The third-order valence-corrected chi connectivity index (χ3v) is 3.83. The van der Waals surface area contributed by atoms with Crippen LogP contribution in [0.15, 0.2) is 57.1 Å². The monoisotopic (exact) mass is 349 g/mol. The van der Waals surface area contributed by atoms with E-state index in [0.717, 1.165) is 30.0 Å². The van der Waals surface area contributed by atoms with Crippen molar-refractivity contribution < 1.29 is 23.1 Å². The lowest BCUT2D eigenvalue weighted by molar-refractivity contribution is 0.101. The zero-order chi connectivity index (χ0) is 17.1. The van der Waals surface area contributed by atoms with Crippen LogP contribution in [0.3, 0.4) is 0 Å². The normalized spacial score (nSPS) is 11.7. The molecule has 0 radical (unpaired) electrons. The number of benzene rings is 1. The van der Waals surface area contributed by atoms with Crippen molar-refractivity contribution in [2.24, 2.45) is 0 Å². The van der Waals surface area contributed by atoms with Gasteiger partial charge in [-0.25, -0.2) is 13.8 Å². The van der Waals surface area contributed by atoms with Crippen molar-refractivity contribution in [1.29, 1.82) is 0 Å². The van der Waals surface area contributed by atoms with E-state index in [1.54, 1.807) is 0 Å². The second-order valence-electron chi connectivity index (χ2n) is 4.52. The highest BCUT2D eigenvalue weighted by Crippen LogP contribution is 2.31. The number of hydrogen-bond acceptors (Lipinski definition) is 6. The van der Waals surface area contributed by atoms with Crippen molar-refractivity contribution >= 4 is 23.3 Å². The number of carbonyl (C=O) groups excluding carboxylic acids is 1. The third kappa shape index (κ3) is 3.51. The minimum atomic E-state index is -0.730. The number of hydrogen-bond donors (Lipinski definition) is 2. The van der Waals surface area contributed by atoms with Gasteiger partial charge in [0.1, 0.15) is 18.0 Å². The van der Waals surface area contributed by atoms with Crippen LogP contribution in [-0.2, 0) is 0 Å². The highest BCUT2D eigenvalue weighted by molar-refractivity contribution is 7.99. The zero-order valence-corrected chi connectivity index (χ0v) is 12.7. The summed E-state index contributed by atoms with van der Waals surface area (Å²) in [4.78, 5) is 15.9. The molecule has 2 heterocycles. The number of allylic oxidation sites excluding steroid dienone is 1. The molecular formula is C15H9F2N3O3S. The first-order valence-corrected chi connectivity index (χ1v) is 7.38. The van der Waals surface area contributed by atoms with E-state index in [4.69, 9.17) is 4.42 Å². The molecule has 0 atom stereocenters.